The zero-order valence-corrected chi connectivity index (χ0v) is 10.7. The van der Waals surface area contributed by atoms with Crippen LogP contribution >= 0.6 is 0 Å². The summed E-state index contributed by atoms with van der Waals surface area (Å²) in [6, 6.07) is 0. The number of hydrogen-bond acceptors (Lipinski definition) is 4. The smallest absolute Gasteiger partial charge is 0.168 e. The molecule has 3 fully saturated rings. The van der Waals surface area contributed by atoms with Crippen LogP contribution in [0.3, 0.4) is 0 Å². The van der Waals surface area contributed by atoms with Crippen molar-refractivity contribution in [3.05, 3.63) is 0 Å². The number of ether oxygens (including phenoxy) is 2. The Morgan fingerprint density at radius 3 is 2.78 bits per heavy atom. The Morgan fingerprint density at radius 2 is 2.06 bits per heavy atom. The van der Waals surface area contributed by atoms with Crippen LogP contribution in [0.5, 0.6) is 0 Å². The molecule has 1 spiro atoms. The lowest BCUT2D eigenvalue weighted by Gasteiger charge is -2.50. The molecule has 3 aliphatic rings. The molecule has 0 N–H and O–H groups in total. The molecular weight excluding hydrogens is 232 g/mol. The van der Waals surface area contributed by atoms with E-state index in [1.807, 2.05) is 0 Å². The highest BCUT2D eigenvalue weighted by atomic mass is 16.7. The Labute approximate surface area is 107 Å². The van der Waals surface area contributed by atoms with Gasteiger partial charge in [-0.15, -0.1) is 0 Å². The van der Waals surface area contributed by atoms with E-state index in [2.05, 4.69) is 0 Å². The number of Topliss-reactive ketones (excluding diaryl/α,β-unsaturated/α-hetero) is 1. The Bertz CT molecular complexity index is 359. The van der Waals surface area contributed by atoms with Crippen molar-refractivity contribution in [2.75, 3.05) is 13.2 Å². The van der Waals surface area contributed by atoms with Crippen LogP contribution in [0.4, 0.5) is 0 Å². The third-order valence-electron chi connectivity index (χ3n) is 5.05. The van der Waals surface area contributed by atoms with Crippen LogP contribution in [0.2, 0.25) is 0 Å². The molecule has 0 aromatic rings. The van der Waals surface area contributed by atoms with Crippen molar-refractivity contribution in [2.24, 2.45) is 11.3 Å². The summed E-state index contributed by atoms with van der Waals surface area (Å²) in [4.78, 5) is 22.7. The molecule has 0 bridgehead atoms. The minimum Gasteiger partial charge on any atom is -0.348 e. The monoisotopic (exact) mass is 252 g/mol. The number of hydrogen-bond donors (Lipinski definition) is 0. The number of carbonyl (C=O) groups excluding carboxylic acids is 2. The lowest BCUT2D eigenvalue weighted by atomic mass is 9.56. The normalized spacial score (nSPS) is 38.7. The number of fused-ring (bicyclic) bond motifs is 1. The van der Waals surface area contributed by atoms with Crippen molar-refractivity contribution in [2.45, 2.75) is 50.7 Å². The van der Waals surface area contributed by atoms with Crippen LogP contribution in [0.25, 0.3) is 0 Å². The quantitative estimate of drug-likeness (QED) is 0.704. The van der Waals surface area contributed by atoms with Gasteiger partial charge in [0.1, 0.15) is 12.1 Å². The molecule has 1 aliphatic heterocycles. The largest absolute Gasteiger partial charge is 0.348 e. The van der Waals surface area contributed by atoms with E-state index in [1.54, 1.807) is 0 Å². The average Bonchev–Trinajstić information content (AvgIpc) is 2.79. The molecule has 1 saturated heterocycles. The highest BCUT2D eigenvalue weighted by Gasteiger charge is 2.53. The number of aldehydes is 1. The minimum absolute atomic E-state index is 0.0996. The maximum Gasteiger partial charge on any atom is 0.168 e. The van der Waals surface area contributed by atoms with Crippen molar-refractivity contribution in [1.82, 2.24) is 0 Å². The molecule has 100 valence electrons. The number of ketones is 1. The summed E-state index contributed by atoms with van der Waals surface area (Å²) in [5.74, 6) is 0.307. The van der Waals surface area contributed by atoms with Gasteiger partial charge in [-0.3, -0.25) is 4.79 Å². The fourth-order valence-electron chi connectivity index (χ4n) is 4.06. The Hall–Kier alpha value is -0.740. The van der Waals surface area contributed by atoms with Crippen LogP contribution in [-0.4, -0.2) is 31.1 Å². The first-order valence-electron chi connectivity index (χ1n) is 6.91. The van der Waals surface area contributed by atoms with Gasteiger partial charge in [0.15, 0.2) is 5.79 Å². The van der Waals surface area contributed by atoms with Gasteiger partial charge in [0, 0.05) is 32.1 Å². The van der Waals surface area contributed by atoms with Gasteiger partial charge in [0.2, 0.25) is 0 Å². The summed E-state index contributed by atoms with van der Waals surface area (Å²) in [5, 5.41) is 0. The second kappa shape index (κ2) is 4.42. The van der Waals surface area contributed by atoms with Crippen molar-refractivity contribution >= 4 is 12.1 Å². The molecule has 2 saturated carbocycles. The molecule has 0 aromatic heterocycles. The Morgan fingerprint density at radius 1 is 1.28 bits per heavy atom. The first-order chi connectivity index (χ1) is 8.68. The van der Waals surface area contributed by atoms with E-state index in [-0.39, 0.29) is 5.41 Å². The molecule has 0 unspecified atom stereocenters. The average molecular weight is 252 g/mol. The number of carbonyl (C=O) groups is 2. The van der Waals surface area contributed by atoms with Crippen LogP contribution < -0.4 is 0 Å². The molecule has 0 aromatic carbocycles. The molecule has 1 heterocycles. The van der Waals surface area contributed by atoms with Gasteiger partial charge in [-0.2, -0.15) is 0 Å². The minimum atomic E-state index is -0.405. The van der Waals surface area contributed by atoms with E-state index in [1.165, 1.54) is 0 Å². The molecule has 4 heteroatoms. The molecule has 18 heavy (non-hydrogen) atoms. The van der Waals surface area contributed by atoms with Gasteiger partial charge in [-0.05, 0) is 24.2 Å². The molecule has 0 radical (unpaired) electrons. The number of rotatable bonds is 2. The molecule has 2 aliphatic carbocycles. The highest BCUT2D eigenvalue weighted by molar-refractivity contribution is 5.80. The van der Waals surface area contributed by atoms with Crippen LogP contribution in [0, 0.1) is 11.3 Å². The predicted octanol–water partition coefficient (Wildman–Crippen LogP) is 1.86. The van der Waals surface area contributed by atoms with E-state index in [0.717, 1.165) is 32.0 Å². The van der Waals surface area contributed by atoms with E-state index < -0.39 is 5.79 Å². The maximum atomic E-state index is 11.7. The first-order valence-corrected chi connectivity index (χ1v) is 6.91. The second-order valence-electron chi connectivity index (χ2n) is 6.00. The summed E-state index contributed by atoms with van der Waals surface area (Å²) in [5.41, 5.74) is -0.0996. The fourth-order valence-corrected chi connectivity index (χ4v) is 4.06. The molecule has 3 rings (SSSR count). The van der Waals surface area contributed by atoms with Crippen molar-refractivity contribution in [1.29, 1.82) is 0 Å². The van der Waals surface area contributed by atoms with Crippen LogP contribution in [0.15, 0.2) is 0 Å². The molecular formula is C14H20O4. The zero-order valence-electron chi connectivity index (χ0n) is 10.7. The van der Waals surface area contributed by atoms with Crippen LogP contribution in [-0.2, 0) is 19.1 Å². The third-order valence-corrected chi connectivity index (χ3v) is 5.05. The molecule has 2 atom stereocenters. The first kappa shape index (κ1) is 12.3. The van der Waals surface area contributed by atoms with Gasteiger partial charge in [-0.1, -0.05) is 0 Å². The summed E-state index contributed by atoms with van der Waals surface area (Å²) >= 11 is 0. The van der Waals surface area contributed by atoms with Crippen molar-refractivity contribution in [3.63, 3.8) is 0 Å². The molecule has 4 nitrogen and oxygen atoms in total. The maximum absolute atomic E-state index is 11.7. The van der Waals surface area contributed by atoms with Crippen molar-refractivity contribution in [3.8, 4) is 0 Å². The predicted molar refractivity (Wildman–Crippen MR) is 63.9 cm³/mol. The summed E-state index contributed by atoms with van der Waals surface area (Å²) in [7, 11) is 0. The second-order valence-corrected chi connectivity index (χ2v) is 6.00. The van der Waals surface area contributed by atoms with Gasteiger partial charge < -0.3 is 14.3 Å². The Kier molecular flexibility index (Phi) is 3.02. The van der Waals surface area contributed by atoms with Crippen LogP contribution in [0.1, 0.15) is 44.9 Å². The van der Waals surface area contributed by atoms with Gasteiger partial charge in [-0.25, -0.2) is 0 Å². The summed E-state index contributed by atoms with van der Waals surface area (Å²) in [6.07, 6.45) is 6.18. The summed E-state index contributed by atoms with van der Waals surface area (Å²) in [6.45, 7) is 1.35. The van der Waals surface area contributed by atoms with E-state index in [0.29, 0.717) is 44.2 Å². The lowest BCUT2D eigenvalue weighted by molar-refractivity contribution is -0.212. The standard InChI is InChI=1S/C14H20O4/c15-6-5-13-3-4-14(17-7-8-18-14)9-11(13)1-2-12(16)10-13/h6,11H,1-5,7-10H2/t11-,13-/m0/s1. The van der Waals surface area contributed by atoms with E-state index in [4.69, 9.17) is 9.47 Å². The topological polar surface area (TPSA) is 52.6 Å². The molecule has 0 amide bonds. The van der Waals surface area contributed by atoms with Gasteiger partial charge in [0.05, 0.1) is 13.2 Å². The Balaban J connectivity index is 1.81. The fraction of sp³-hybridized carbons (Fsp3) is 0.857. The van der Waals surface area contributed by atoms with E-state index in [9.17, 15) is 9.59 Å². The summed E-state index contributed by atoms with van der Waals surface area (Å²) < 4.78 is 11.6. The van der Waals surface area contributed by atoms with Gasteiger partial charge in [0.25, 0.3) is 0 Å². The third kappa shape index (κ3) is 1.91. The lowest BCUT2D eigenvalue weighted by Crippen LogP contribution is -2.49. The SMILES string of the molecule is O=CC[C@]12CCC3(C[C@@H]1CCC(=O)C2)OCCO3. The van der Waals surface area contributed by atoms with E-state index >= 15 is 0 Å². The highest BCUT2D eigenvalue weighted by Crippen LogP contribution is 2.55. The van der Waals surface area contributed by atoms with Gasteiger partial charge >= 0.3 is 0 Å². The van der Waals surface area contributed by atoms with Crippen molar-refractivity contribution < 1.29 is 19.1 Å². The zero-order chi connectivity index (χ0) is 12.6.